The van der Waals surface area contributed by atoms with Gasteiger partial charge in [0.15, 0.2) is 0 Å². The number of primary sulfonamides is 1. The molecule has 0 aliphatic rings. The Hall–Kier alpha value is -1.22. The fraction of sp³-hybridized carbons (Fsp3) is 0. The molecule has 0 aliphatic carbocycles. The van der Waals surface area contributed by atoms with Crippen molar-refractivity contribution >= 4 is 33.2 Å². The summed E-state index contributed by atoms with van der Waals surface area (Å²) in [7, 11) is -3.94. The Morgan fingerprint density at radius 3 is 2.47 bits per heavy atom. The highest BCUT2D eigenvalue weighted by molar-refractivity contribution is 7.89. The molecule has 0 atom stereocenters. The van der Waals surface area contributed by atoms with Crippen LogP contribution in [0.2, 0.25) is 10.0 Å². The van der Waals surface area contributed by atoms with Crippen molar-refractivity contribution in [2.24, 2.45) is 5.14 Å². The molecule has 0 saturated carbocycles. The number of aromatic amines is 1. The van der Waals surface area contributed by atoms with Crippen LogP contribution in [0.25, 0.3) is 11.4 Å². The second-order valence-corrected chi connectivity index (χ2v) is 5.39. The molecule has 0 aliphatic heterocycles. The highest BCUT2D eigenvalue weighted by Gasteiger charge is 2.18. The van der Waals surface area contributed by atoms with Crippen LogP contribution in [0.15, 0.2) is 17.0 Å². The number of hydrogen-bond acceptors (Lipinski definition) is 5. The summed E-state index contributed by atoms with van der Waals surface area (Å²) in [5, 5.41) is 18.1. The molecule has 1 heterocycles. The molecular weight excluding hydrogens is 289 g/mol. The van der Waals surface area contributed by atoms with Gasteiger partial charge in [-0.25, -0.2) is 13.6 Å². The fourth-order valence-corrected chi connectivity index (χ4v) is 2.60. The van der Waals surface area contributed by atoms with Crippen LogP contribution in [0.4, 0.5) is 0 Å². The lowest BCUT2D eigenvalue weighted by Gasteiger charge is -2.05. The van der Waals surface area contributed by atoms with Gasteiger partial charge in [-0.2, -0.15) is 5.21 Å². The molecule has 7 nitrogen and oxygen atoms in total. The van der Waals surface area contributed by atoms with Gasteiger partial charge in [0.1, 0.15) is 4.90 Å². The molecule has 1 aromatic heterocycles. The summed E-state index contributed by atoms with van der Waals surface area (Å²) in [5.74, 6) is 0.150. The maximum atomic E-state index is 11.3. The molecule has 10 heteroatoms. The number of nitrogens with one attached hydrogen (secondary N) is 1. The highest BCUT2D eigenvalue weighted by Crippen LogP contribution is 2.32. The third-order valence-electron chi connectivity index (χ3n) is 1.91. The lowest BCUT2D eigenvalue weighted by Crippen LogP contribution is -2.13. The van der Waals surface area contributed by atoms with Crippen LogP contribution in [-0.2, 0) is 10.0 Å². The van der Waals surface area contributed by atoms with Gasteiger partial charge in [0.25, 0.3) is 0 Å². The first-order valence-corrected chi connectivity index (χ1v) is 6.45. The van der Waals surface area contributed by atoms with E-state index < -0.39 is 10.0 Å². The number of nitrogens with zero attached hydrogens (tertiary/aromatic N) is 3. The summed E-state index contributed by atoms with van der Waals surface area (Å²) < 4.78 is 22.5. The van der Waals surface area contributed by atoms with Gasteiger partial charge in [-0.15, -0.1) is 10.2 Å². The van der Waals surface area contributed by atoms with Gasteiger partial charge in [-0.05, 0) is 17.3 Å². The second kappa shape index (κ2) is 4.22. The minimum atomic E-state index is -3.94. The van der Waals surface area contributed by atoms with E-state index in [-0.39, 0.29) is 26.3 Å². The number of H-pyrrole nitrogens is 1. The third-order valence-corrected chi connectivity index (χ3v) is 3.60. The van der Waals surface area contributed by atoms with Crippen LogP contribution in [0, 0.1) is 0 Å². The van der Waals surface area contributed by atoms with E-state index >= 15 is 0 Å². The van der Waals surface area contributed by atoms with Crippen LogP contribution in [0.3, 0.4) is 0 Å². The van der Waals surface area contributed by atoms with Crippen molar-refractivity contribution in [3.8, 4) is 11.4 Å². The zero-order valence-corrected chi connectivity index (χ0v) is 10.4. The molecule has 0 spiro atoms. The van der Waals surface area contributed by atoms with E-state index in [4.69, 9.17) is 28.3 Å². The third kappa shape index (κ3) is 2.39. The van der Waals surface area contributed by atoms with E-state index in [1.807, 2.05) is 0 Å². The minimum Gasteiger partial charge on any atom is -0.225 e. The molecule has 0 bridgehead atoms. The highest BCUT2D eigenvalue weighted by atomic mass is 35.5. The molecule has 17 heavy (non-hydrogen) atoms. The van der Waals surface area contributed by atoms with E-state index in [0.29, 0.717) is 0 Å². The molecule has 0 amide bonds. The van der Waals surface area contributed by atoms with Gasteiger partial charge >= 0.3 is 0 Å². The van der Waals surface area contributed by atoms with Gasteiger partial charge in [-0.1, -0.05) is 23.2 Å². The van der Waals surface area contributed by atoms with Crippen molar-refractivity contribution in [2.75, 3.05) is 0 Å². The molecule has 2 rings (SSSR count). The Morgan fingerprint density at radius 2 is 1.94 bits per heavy atom. The predicted molar refractivity (Wildman–Crippen MR) is 61.0 cm³/mol. The van der Waals surface area contributed by atoms with Crippen molar-refractivity contribution in [3.63, 3.8) is 0 Å². The van der Waals surface area contributed by atoms with Gasteiger partial charge in [0.2, 0.25) is 15.8 Å². The number of tetrazole rings is 1. The summed E-state index contributed by atoms with van der Waals surface area (Å²) in [6, 6.07) is 2.46. The van der Waals surface area contributed by atoms with Crippen LogP contribution in [0.5, 0.6) is 0 Å². The van der Waals surface area contributed by atoms with Gasteiger partial charge in [-0.3, -0.25) is 0 Å². The van der Waals surface area contributed by atoms with E-state index in [2.05, 4.69) is 20.6 Å². The molecule has 0 fully saturated rings. The second-order valence-electron chi connectivity index (χ2n) is 3.04. The standard InChI is InChI=1S/C7H5Cl2N5O2S/c8-4-2-5(9)6(17(10,15)16)1-3(4)7-11-13-14-12-7/h1-2H,(H2,10,15,16)(H,11,12,13,14). The van der Waals surface area contributed by atoms with Crippen molar-refractivity contribution in [1.82, 2.24) is 20.6 Å². The van der Waals surface area contributed by atoms with Crippen LogP contribution in [0.1, 0.15) is 0 Å². The van der Waals surface area contributed by atoms with Gasteiger partial charge < -0.3 is 0 Å². The zero-order chi connectivity index (χ0) is 12.6. The first kappa shape index (κ1) is 12.2. The van der Waals surface area contributed by atoms with Crippen LogP contribution in [-0.4, -0.2) is 29.0 Å². The summed E-state index contributed by atoms with van der Waals surface area (Å²) in [6.07, 6.45) is 0. The van der Waals surface area contributed by atoms with E-state index in [0.717, 1.165) is 0 Å². The molecule has 2 aromatic rings. The summed E-state index contributed by atoms with van der Waals surface area (Å²) in [6.45, 7) is 0. The van der Waals surface area contributed by atoms with Crippen molar-refractivity contribution < 1.29 is 8.42 Å². The zero-order valence-electron chi connectivity index (χ0n) is 8.05. The van der Waals surface area contributed by atoms with E-state index in [1.54, 1.807) is 0 Å². The first-order chi connectivity index (χ1) is 7.89. The van der Waals surface area contributed by atoms with Crippen molar-refractivity contribution in [2.45, 2.75) is 4.90 Å². The normalized spacial score (nSPS) is 11.7. The number of halogens is 2. The molecule has 90 valence electrons. The van der Waals surface area contributed by atoms with Gasteiger partial charge in [0, 0.05) is 5.56 Å². The molecule has 0 saturated heterocycles. The topological polar surface area (TPSA) is 115 Å². The molecule has 0 radical (unpaired) electrons. The maximum Gasteiger partial charge on any atom is 0.239 e. The molecule has 1 aromatic carbocycles. The quantitative estimate of drug-likeness (QED) is 0.851. The molecule has 0 unspecified atom stereocenters. The lowest BCUT2D eigenvalue weighted by atomic mass is 10.2. The summed E-state index contributed by atoms with van der Waals surface area (Å²) in [4.78, 5) is -0.247. The number of sulfonamides is 1. The average molecular weight is 294 g/mol. The predicted octanol–water partition coefficient (Wildman–Crippen LogP) is 0.821. The van der Waals surface area contributed by atoms with Crippen molar-refractivity contribution in [1.29, 1.82) is 0 Å². The number of nitrogens with two attached hydrogens (primary N) is 1. The monoisotopic (exact) mass is 293 g/mol. The Bertz CT molecular complexity index is 655. The Balaban J connectivity index is 2.71. The average Bonchev–Trinajstić information content (AvgIpc) is 2.68. The first-order valence-electron chi connectivity index (χ1n) is 4.15. The fourth-order valence-electron chi connectivity index (χ4n) is 1.19. The van der Waals surface area contributed by atoms with E-state index in [1.165, 1.54) is 12.1 Å². The SMILES string of the molecule is NS(=O)(=O)c1cc(-c2nn[nH]n2)c(Cl)cc1Cl. The van der Waals surface area contributed by atoms with Gasteiger partial charge in [0.05, 0.1) is 10.0 Å². The van der Waals surface area contributed by atoms with Crippen LogP contribution < -0.4 is 5.14 Å². The smallest absolute Gasteiger partial charge is 0.225 e. The largest absolute Gasteiger partial charge is 0.239 e. The minimum absolute atomic E-state index is 0.0651. The number of rotatable bonds is 2. The van der Waals surface area contributed by atoms with Crippen molar-refractivity contribution in [3.05, 3.63) is 22.2 Å². The Morgan fingerprint density at radius 1 is 1.24 bits per heavy atom. The van der Waals surface area contributed by atoms with E-state index in [9.17, 15) is 8.42 Å². The molecule has 3 N–H and O–H groups in total. The maximum absolute atomic E-state index is 11.3. The summed E-state index contributed by atoms with van der Waals surface area (Å²) in [5.41, 5.74) is 0.272. The van der Waals surface area contributed by atoms with Crippen LogP contribution >= 0.6 is 23.2 Å². The number of benzene rings is 1. The Labute approximate surface area is 106 Å². The summed E-state index contributed by atoms with van der Waals surface area (Å²) >= 11 is 11.6. The number of aromatic nitrogens is 4. The lowest BCUT2D eigenvalue weighted by molar-refractivity contribution is 0.598. The molecular formula is C7H5Cl2N5O2S. The Kier molecular flexibility index (Phi) is 3.04. The number of hydrogen-bond donors (Lipinski definition) is 2.